The van der Waals surface area contributed by atoms with E-state index in [1.165, 1.54) is 51.7 Å². The zero-order chi connectivity index (χ0) is 10.2. The topological polar surface area (TPSA) is 12.5 Å². The van der Waals surface area contributed by atoms with Gasteiger partial charge in [0, 0.05) is 13.7 Å². The summed E-state index contributed by atoms with van der Waals surface area (Å²) in [5.74, 6) is 0.924. The van der Waals surface area contributed by atoms with E-state index in [-0.39, 0.29) is 0 Å². The van der Waals surface area contributed by atoms with Crippen molar-refractivity contribution in [2.45, 2.75) is 39.0 Å². The molecular weight excluding hydrogens is 174 g/mol. The van der Waals surface area contributed by atoms with Gasteiger partial charge < -0.3 is 9.64 Å². The maximum Gasteiger partial charge on any atom is 0.0464 e. The SMILES string of the molecule is CCCCN1CCC(CCOC)CC1. The molecule has 0 aromatic rings. The third-order valence-corrected chi connectivity index (χ3v) is 3.27. The summed E-state index contributed by atoms with van der Waals surface area (Å²) in [4.78, 5) is 2.62. The predicted octanol–water partition coefficient (Wildman–Crippen LogP) is 2.54. The van der Waals surface area contributed by atoms with Crippen LogP contribution in [0.4, 0.5) is 0 Å². The maximum absolute atomic E-state index is 5.12. The Bertz CT molecular complexity index is 114. The summed E-state index contributed by atoms with van der Waals surface area (Å²) < 4.78 is 5.12. The smallest absolute Gasteiger partial charge is 0.0464 e. The van der Waals surface area contributed by atoms with Crippen LogP contribution in [0.25, 0.3) is 0 Å². The van der Waals surface area contributed by atoms with Gasteiger partial charge in [-0.1, -0.05) is 13.3 Å². The van der Waals surface area contributed by atoms with Crippen molar-refractivity contribution in [3.8, 4) is 0 Å². The van der Waals surface area contributed by atoms with E-state index >= 15 is 0 Å². The van der Waals surface area contributed by atoms with Crippen LogP contribution in [-0.4, -0.2) is 38.3 Å². The molecule has 0 bridgehead atoms. The number of hydrogen-bond donors (Lipinski definition) is 0. The molecule has 0 saturated carbocycles. The number of nitrogens with zero attached hydrogens (tertiary/aromatic N) is 1. The third kappa shape index (κ3) is 4.43. The highest BCUT2D eigenvalue weighted by Crippen LogP contribution is 2.20. The molecular formula is C12H25NO. The fraction of sp³-hybridized carbons (Fsp3) is 1.00. The van der Waals surface area contributed by atoms with Crippen molar-refractivity contribution >= 4 is 0 Å². The van der Waals surface area contributed by atoms with Crippen molar-refractivity contribution < 1.29 is 4.74 Å². The minimum atomic E-state index is 0.924. The van der Waals surface area contributed by atoms with Gasteiger partial charge in [-0.3, -0.25) is 0 Å². The Kier molecular flexibility index (Phi) is 6.20. The van der Waals surface area contributed by atoms with Crippen LogP contribution >= 0.6 is 0 Å². The second-order valence-corrected chi connectivity index (χ2v) is 4.42. The van der Waals surface area contributed by atoms with E-state index in [9.17, 15) is 0 Å². The molecule has 0 aromatic carbocycles. The molecule has 1 aliphatic rings. The minimum Gasteiger partial charge on any atom is -0.385 e. The van der Waals surface area contributed by atoms with E-state index in [0.717, 1.165) is 12.5 Å². The molecule has 0 N–H and O–H groups in total. The molecule has 1 rings (SSSR count). The van der Waals surface area contributed by atoms with Gasteiger partial charge in [0.05, 0.1) is 0 Å². The average molecular weight is 199 g/mol. The van der Waals surface area contributed by atoms with Crippen LogP contribution in [0, 0.1) is 5.92 Å². The highest BCUT2D eigenvalue weighted by atomic mass is 16.5. The van der Waals surface area contributed by atoms with Crippen LogP contribution in [0.15, 0.2) is 0 Å². The van der Waals surface area contributed by atoms with Gasteiger partial charge in [-0.2, -0.15) is 0 Å². The summed E-state index contributed by atoms with van der Waals surface area (Å²) in [6.45, 7) is 7.15. The van der Waals surface area contributed by atoms with Gasteiger partial charge in [-0.25, -0.2) is 0 Å². The van der Waals surface area contributed by atoms with E-state index < -0.39 is 0 Å². The summed E-state index contributed by atoms with van der Waals surface area (Å²) in [6, 6.07) is 0. The second-order valence-electron chi connectivity index (χ2n) is 4.42. The summed E-state index contributed by atoms with van der Waals surface area (Å²) in [5, 5.41) is 0. The van der Waals surface area contributed by atoms with Gasteiger partial charge in [0.2, 0.25) is 0 Å². The fourth-order valence-electron chi connectivity index (χ4n) is 2.16. The van der Waals surface area contributed by atoms with Crippen molar-refractivity contribution in [2.24, 2.45) is 5.92 Å². The van der Waals surface area contributed by atoms with Crippen LogP contribution in [0.5, 0.6) is 0 Å². The molecule has 2 nitrogen and oxygen atoms in total. The first-order chi connectivity index (χ1) is 6.86. The van der Waals surface area contributed by atoms with Crippen LogP contribution in [0.1, 0.15) is 39.0 Å². The largest absolute Gasteiger partial charge is 0.385 e. The number of rotatable bonds is 6. The number of unbranched alkanes of at least 4 members (excludes halogenated alkanes) is 1. The average Bonchev–Trinajstić information content (AvgIpc) is 2.25. The van der Waals surface area contributed by atoms with Crippen LogP contribution in [0.3, 0.4) is 0 Å². The number of methoxy groups -OCH3 is 1. The highest BCUT2D eigenvalue weighted by molar-refractivity contribution is 4.71. The highest BCUT2D eigenvalue weighted by Gasteiger charge is 2.17. The zero-order valence-corrected chi connectivity index (χ0v) is 9.80. The molecule has 0 radical (unpaired) electrons. The molecule has 1 aliphatic heterocycles. The molecule has 2 heteroatoms. The Hall–Kier alpha value is -0.0800. The lowest BCUT2D eigenvalue weighted by Crippen LogP contribution is -2.34. The standard InChI is InChI=1S/C12H25NO/c1-3-4-8-13-9-5-12(6-10-13)7-11-14-2/h12H,3-11H2,1-2H3. The Morgan fingerprint density at radius 2 is 2.00 bits per heavy atom. The second kappa shape index (κ2) is 7.24. The molecule has 84 valence electrons. The van der Waals surface area contributed by atoms with Crippen molar-refractivity contribution in [2.75, 3.05) is 33.4 Å². The monoisotopic (exact) mass is 199 g/mol. The van der Waals surface area contributed by atoms with E-state index in [0.29, 0.717) is 0 Å². The number of ether oxygens (including phenoxy) is 1. The van der Waals surface area contributed by atoms with E-state index in [2.05, 4.69) is 11.8 Å². The van der Waals surface area contributed by atoms with Crippen molar-refractivity contribution in [1.82, 2.24) is 4.90 Å². The lowest BCUT2D eigenvalue weighted by atomic mass is 9.94. The Labute approximate surface area is 88.6 Å². The van der Waals surface area contributed by atoms with Gasteiger partial charge in [0.1, 0.15) is 0 Å². The van der Waals surface area contributed by atoms with Crippen LogP contribution in [0.2, 0.25) is 0 Å². The molecule has 0 aliphatic carbocycles. The Balaban J connectivity index is 2.05. The molecule has 0 unspecified atom stereocenters. The van der Waals surface area contributed by atoms with Crippen molar-refractivity contribution in [1.29, 1.82) is 0 Å². The fourth-order valence-corrected chi connectivity index (χ4v) is 2.16. The van der Waals surface area contributed by atoms with E-state index in [1.54, 1.807) is 7.11 Å². The van der Waals surface area contributed by atoms with E-state index in [4.69, 9.17) is 4.74 Å². The van der Waals surface area contributed by atoms with Crippen molar-refractivity contribution in [3.63, 3.8) is 0 Å². The molecule has 0 atom stereocenters. The first kappa shape index (κ1) is 12.0. The van der Waals surface area contributed by atoms with Gasteiger partial charge >= 0.3 is 0 Å². The zero-order valence-electron chi connectivity index (χ0n) is 9.80. The maximum atomic E-state index is 5.12. The van der Waals surface area contributed by atoms with Gasteiger partial charge in [0.25, 0.3) is 0 Å². The number of piperidine rings is 1. The summed E-state index contributed by atoms with van der Waals surface area (Å²) in [7, 11) is 1.80. The first-order valence-corrected chi connectivity index (χ1v) is 6.08. The molecule has 14 heavy (non-hydrogen) atoms. The minimum absolute atomic E-state index is 0.924. The normalized spacial score (nSPS) is 20.1. The molecule has 0 spiro atoms. The van der Waals surface area contributed by atoms with Crippen LogP contribution in [-0.2, 0) is 4.74 Å². The quantitative estimate of drug-likeness (QED) is 0.652. The van der Waals surface area contributed by atoms with Crippen molar-refractivity contribution in [3.05, 3.63) is 0 Å². The third-order valence-electron chi connectivity index (χ3n) is 3.27. The lowest BCUT2D eigenvalue weighted by Gasteiger charge is -2.31. The molecule has 1 heterocycles. The molecule has 1 saturated heterocycles. The molecule has 0 aromatic heterocycles. The Morgan fingerprint density at radius 1 is 1.29 bits per heavy atom. The molecule has 1 fully saturated rings. The van der Waals surface area contributed by atoms with Gasteiger partial charge in [-0.15, -0.1) is 0 Å². The van der Waals surface area contributed by atoms with E-state index in [1.807, 2.05) is 0 Å². The first-order valence-electron chi connectivity index (χ1n) is 6.08. The summed E-state index contributed by atoms with van der Waals surface area (Å²) in [6.07, 6.45) is 6.71. The predicted molar refractivity (Wildman–Crippen MR) is 60.6 cm³/mol. The van der Waals surface area contributed by atoms with Crippen LogP contribution < -0.4 is 0 Å². The summed E-state index contributed by atoms with van der Waals surface area (Å²) >= 11 is 0. The molecule has 0 amide bonds. The number of hydrogen-bond acceptors (Lipinski definition) is 2. The lowest BCUT2D eigenvalue weighted by molar-refractivity contribution is 0.134. The van der Waals surface area contributed by atoms with Gasteiger partial charge in [-0.05, 0) is 51.2 Å². The Morgan fingerprint density at radius 3 is 2.57 bits per heavy atom. The summed E-state index contributed by atoms with van der Waals surface area (Å²) in [5.41, 5.74) is 0. The van der Waals surface area contributed by atoms with Gasteiger partial charge in [0.15, 0.2) is 0 Å². The number of likely N-dealkylation sites (tertiary alicyclic amines) is 1.